The van der Waals surface area contributed by atoms with Gasteiger partial charge in [-0.05, 0) is 24.3 Å². The molecule has 3 atom stereocenters. The van der Waals surface area contributed by atoms with Crippen LogP contribution in [0.15, 0.2) is 6.07 Å². The topological polar surface area (TPSA) is 24.9 Å². The van der Waals surface area contributed by atoms with Crippen molar-refractivity contribution in [3.05, 3.63) is 21.3 Å². The number of hydrogen-bond acceptors (Lipinski definition) is 2. The van der Waals surface area contributed by atoms with Gasteiger partial charge in [-0.25, -0.2) is 4.98 Å². The smallest absolute Gasteiger partial charge is 0.150 e. The molecule has 0 aliphatic heterocycles. The third-order valence-electron chi connectivity index (χ3n) is 3.92. The van der Waals surface area contributed by atoms with Gasteiger partial charge in [0.2, 0.25) is 0 Å². The lowest BCUT2D eigenvalue weighted by molar-refractivity contribution is 0.253. The number of hydrogen-bond donors (Lipinski definition) is 1. The Morgan fingerprint density at radius 3 is 2.61 bits per heavy atom. The molecule has 1 saturated carbocycles. The summed E-state index contributed by atoms with van der Waals surface area (Å²) >= 11 is 17.9. The maximum atomic E-state index is 6.14. The van der Waals surface area contributed by atoms with Crippen molar-refractivity contribution in [1.82, 2.24) is 4.98 Å². The van der Waals surface area contributed by atoms with Crippen LogP contribution in [0.2, 0.25) is 15.2 Å². The van der Waals surface area contributed by atoms with Gasteiger partial charge in [-0.15, -0.1) is 0 Å². The normalized spacial score (nSPS) is 28.2. The van der Waals surface area contributed by atoms with Gasteiger partial charge in [0.15, 0.2) is 0 Å². The Kier molecular flexibility index (Phi) is 4.63. The molecular formula is C13H17Cl3N2. The van der Waals surface area contributed by atoms with Crippen molar-refractivity contribution < 1.29 is 0 Å². The summed E-state index contributed by atoms with van der Waals surface area (Å²) in [6, 6.07) is 2.04. The van der Waals surface area contributed by atoms with E-state index in [1.54, 1.807) is 6.07 Å². The van der Waals surface area contributed by atoms with E-state index in [1.165, 1.54) is 12.8 Å². The number of anilines is 1. The molecule has 0 amide bonds. The molecule has 1 aliphatic rings. The fourth-order valence-electron chi connectivity index (χ4n) is 2.51. The number of nitrogens with zero attached hydrogens (tertiary/aromatic N) is 1. The first-order valence-corrected chi connectivity index (χ1v) is 7.40. The Morgan fingerprint density at radius 1 is 1.17 bits per heavy atom. The molecule has 0 bridgehead atoms. The summed E-state index contributed by atoms with van der Waals surface area (Å²) in [7, 11) is 0. The second-order valence-corrected chi connectivity index (χ2v) is 6.28. The van der Waals surface area contributed by atoms with Crippen LogP contribution in [0.25, 0.3) is 0 Å². The third-order valence-corrected chi connectivity index (χ3v) is 4.88. The van der Waals surface area contributed by atoms with Crippen molar-refractivity contribution in [3.8, 4) is 0 Å². The van der Waals surface area contributed by atoms with Gasteiger partial charge in [0.25, 0.3) is 0 Å². The number of nitrogens with one attached hydrogen (secondary N) is 1. The van der Waals surface area contributed by atoms with Crippen molar-refractivity contribution in [2.75, 3.05) is 5.32 Å². The highest BCUT2D eigenvalue weighted by molar-refractivity contribution is 6.42. The first-order chi connectivity index (χ1) is 8.49. The molecule has 0 aromatic carbocycles. The Bertz CT molecular complexity index is 436. The van der Waals surface area contributed by atoms with Gasteiger partial charge in [0.05, 0.1) is 10.0 Å². The Morgan fingerprint density at radius 2 is 1.89 bits per heavy atom. The minimum Gasteiger partial charge on any atom is -0.366 e. The molecule has 1 aliphatic carbocycles. The standard InChI is InChI=1S/C13H17Cl3N2/c1-7-4-3-5-11(8(7)2)17-13-10(15)6-9(14)12(16)18-13/h6-8,11H,3-5H2,1-2H3,(H,17,18). The summed E-state index contributed by atoms with van der Waals surface area (Å²) in [5.74, 6) is 1.96. The van der Waals surface area contributed by atoms with E-state index in [9.17, 15) is 0 Å². The van der Waals surface area contributed by atoms with E-state index in [4.69, 9.17) is 34.8 Å². The van der Waals surface area contributed by atoms with Crippen molar-refractivity contribution >= 4 is 40.6 Å². The molecule has 0 radical (unpaired) electrons. The van der Waals surface area contributed by atoms with Crippen LogP contribution in [0.4, 0.5) is 5.82 Å². The zero-order valence-corrected chi connectivity index (χ0v) is 12.8. The Labute approximate surface area is 123 Å². The van der Waals surface area contributed by atoms with Crippen molar-refractivity contribution in [1.29, 1.82) is 0 Å². The molecule has 1 fully saturated rings. The highest BCUT2D eigenvalue weighted by Crippen LogP contribution is 2.34. The molecule has 1 aromatic heterocycles. The van der Waals surface area contributed by atoms with Crippen LogP contribution in [0.5, 0.6) is 0 Å². The van der Waals surface area contributed by atoms with Gasteiger partial charge in [-0.1, -0.05) is 61.5 Å². The largest absolute Gasteiger partial charge is 0.366 e. The molecule has 2 nitrogen and oxygen atoms in total. The van der Waals surface area contributed by atoms with Crippen LogP contribution < -0.4 is 5.32 Å². The molecule has 100 valence electrons. The summed E-state index contributed by atoms with van der Waals surface area (Å²) in [6.45, 7) is 4.56. The van der Waals surface area contributed by atoms with Crippen LogP contribution in [-0.2, 0) is 0 Å². The third kappa shape index (κ3) is 3.04. The molecular weight excluding hydrogens is 291 g/mol. The number of aromatic nitrogens is 1. The zero-order chi connectivity index (χ0) is 13.3. The number of pyridine rings is 1. The average molecular weight is 308 g/mol. The minimum absolute atomic E-state index is 0.292. The predicted molar refractivity (Wildman–Crippen MR) is 78.9 cm³/mol. The lowest BCUT2D eigenvalue weighted by Gasteiger charge is -2.35. The Balaban J connectivity index is 2.16. The lowest BCUT2D eigenvalue weighted by atomic mass is 9.78. The zero-order valence-electron chi connectivity index (χ0n) is 10.5. The van der Waals surface area contributed by atoms with Crippen molar-refractivity contribution in [3.63, 3.8) is 0 Å². The highest BCUT2D eigenvalue weighted by Gasteiger charge is 2.27. The monoisotopic (exact) mass is 306 g/mol. The molecule has 5 heteroatoms. The van der Waals surface area contributed by atoms with E-state index in [-0.39, 0.29) is 0 Å². The van der Waals surface area contributed by atoms with Gasteiger partial charge in [-0.2, -0.15) is 0 Å². The summed E-state index contributed by atoms with van der Waals surface area (Å²) < 4.78 is 0. The van der Waals surface area contributed by atoms with Crippen LogP contribution in [0, 0.1) is 11.8 Å². The van der Waals surface area contributed by atoms with Gasteiger partial charge in [0, 0.05) is 6.04 Å². The van der Waals surface area contributed by atoms with Crippen LogP contribution >= 0.6 is 34.8 Å². The first-order valence-electron chi connectivity index (χ1n) is 6.27. The molecule has 0 spiro atoms. The molecule has 3 unspecified atom stereocenters. The second-order valence-electron chi connectivity index (χ2n) is 5.11. The van der Waals surface area contributed by atoms with Crippen LogP contribution in [0.1, 0.15) is 33.1 Å². The molecule has 1 aromatic rings. The molecule has 2 rings (SSSR count). The fourth-order valence-corrected chi connectivity index (χ4v) is 3.06. The minimum atomic E-state index is 0.292. The van der Waals surface area contributed by atoms with E-state index >= 15 is 0 Å². The van der Waals surface area contributed by atoms with E-state index in [0.717, 1.165) is 12.3 Å². The lowest BCUT2D eigenvalue weighted by Crippen LogP contribution is -2.35. The van der Waals surface area contributed by atoms with Crippen molar-refractivity contribution in [2.24, 2.45) is 11.8 Å². The van der Waals surface area contributed by atoms with E-state index in [2.05, 4.69) is 24.1 Å². The summed E-state index contributed by atoms with van der Waals surface area (Å²) in [5, 5.41) is 4.61. The number of rotatable bonds is 2. The quantitative estimate of drug-likeness (QED) is 0.752. The van der Waals surface area contributed by atoms with E-state index in [1.807, 2.05) is 0 Å². The molecule has 1 heterocycles. The molecule has 18 heavy (non-hydrogen) atoms. The van der Waals surface area contributed by atoms with Gasteiger partial charge in [-0.3, -0.25) is 0 Å². The summed E-state index contributed by atoms with van der Waals surface area (Å²) in [4.78, 5) is 4.22. The fraction of sp³-hybridized carbons (Fsp3) is 0.615. The van der Waals surface area contributed by atoms with Crippen LogP contribution in [0.3, 0.4) is 0 Å². The maximum absolute atomic E-state index is 6.14. The molecule has 0 saturated heterocycles. The van der Waals surface area contributed by atoms with Crippen molar-refractivity contribution in [2.45, 2.75) is 39.2 Å². The highest BCUT2D eigenvalue weighted by atomic mass is 35.5. The predicted octanol–water partition coefficient (Wildman–Crippen LogP) is 5.28. The summed E-state index contributed by atoms with van der Waals surface area (Å²) in [6.07, 6.45) is 3.67. The van der Waals surface area contributed by atoms with E-state index < -0.39 is 0 Å². The van der Waals surface area contributed by atoms with Gasteiger partial charge in [0.1, 0.15) is 11.0 Å². The molecule has 1 N–H and O–H groups in total. The van der Waals surface area contributed by atoms with Gasteiger partial charge < -0.3 is 5.32 Å². The summed E-state index contributed by atoms with van der Waals surface area (Å²) in [5.41, 5.74) is 0. The van der Waals surface area contributed by atoms with E-state index in [0.29, 0.717) is 33.0 Å². The Hall–Kier alpha value is -0.180. The van der Waals surface area contributed by atoms with Crippen LogP contribution in [-0.4, -0.2) is 11.0 Å². The van der Waals surface area contributed by atoms with Gasteiger partial charge >= 0.3 is 0 Å². The first kappa shape index (κ1) is 14.2. The number of halogens is 3. The SMILES string of the molecule is CC1CCCC(Nc2nc(Cl)c(Cl)cc2Cl)C1C. The maximum Gasteiger partial charge on any atom is 0.150 e. The average Bonchev–Trinajstić information content (AvgIpc) is 2.32. The second kappa shape index (κ2) is 5.85.